The van der Waals surface area contributed by atoms with Crippen LogP contribution in [0.25, 0.3) is 0 Å². The molecule has 0 bridgehead atoms. The van der Waals surface area contributed by atoms with E-state index in [0.29, 0.717) is 13.0 Å². The predicted molar refractivity (Wildman–Crippen MR) is 73.0 cm³/mol. The lowest BCUT2D eigenvalue weighted by atomic mass is 10.2. The van der Waals surface area contributed by atoms with Crippen molar-refractivity contribution in [1.29, 1.82) is 0 Å². The molecule has 0 spiro atoms. The van der Waals surface area contributed by atoms with Crippen molar-refractivity contribution in [3.63, 3.8) is 0 Å². The zero-order valence-electron chi connectivity index (χ0n) is 11.7. The van der Waals surface area contributed by atoms with Crippen molar-refractivity contribution in [3.8, 4) is 0 Å². The highest BCUT2D eigenvalue weighted by molar-refractivity contribution is 7.87. The molecule has 0 fully saturated rings. The SMILES string of the molecule is CNS(=O)(=O)N(CCCN(C)C)CCC(N)C(=O)O. The van der Waals surface area contributed by atoms with E-state index in [9.17, 15) is 13.2 Å². The molecule has 0 rings (SSSR count). The van der Waals surface area contributed by atoms with E-state index in [-0.39, 0.29) is 13.0 Å². The summed E-state index contributed by atoms with van der Waals surface area (Å²) >= 11 is 0. The monoisotopic (exact) mass is 296 g/mol. The van der Waals surface area contributed by atoms with Crippen LogP contribution in [0.1, 0.15) is 12.8 Å². The molecule has 4 N–H and O–H groups in total. The normalized spacial score (nSPS) is 14.0. The fraction of sp³-hybridized carbons (Fsp3) is 0.900. The van der Waals surface area contributed by atoms with Crippen molar-refractivity contribution in [2.45, 2.75) is 18.9 Å². The van der Waals surface area contributed by atoms with Crippen LogP contribution in [0, 0.1) is 0 Å². The topological polar surface area (TPSA) is 116 Å². The standard InChI is InChI=1S/C10H24N4O4S/c1-12-19(17,18)14(7-4-6-13(2)3)8-5-9(11)10(15)16/h9,12H,4-8,11H2,1-3H3,(H,15,16). The quantitative estimate of drug-likeness (QED) is 0.452. The predicted octanol–water partition coefficient (Wildman–Crippen LogP) is -1.49. The van der Waals surface area contributed by atoms with Crippen molar-refractivity contribution in [2.24, 2.45) is 5.73 Å². The molecule has 0 saturated carbocycles. The van der Waals surface area contributed by atoms with Gasteiger partial charge in [0.25, 0.3) is 10.2 Å². The number of rotatable bonds is 10. The van der Waals surface area contributed by atoms with Gasteiger partial charge in [-0.2, -0.15) is 12.7 Å². The molecule has 0 saturated heterocycles. The Kier molecular flexibility index (Phi) is 8.11. The summed E-state index contributed by atoms with van der Waals surface area (Å²) in [5.74, 6) is -1.13. The second-order valence-corrected chi connectivity index (χ2v) is 6.37. The number of nitrogens with one attached hydrogen (secondary N) is 1. The highest BCUT2D eigenvalue weighted by Crippen LogP contribution is 2.03. The first-order valence-corrected chi connectivity index (χ1v) is 7.46. The minimum absolute atomic E-state index is 0.0816. The largest absolute Gasteiger partial charge is 0.480 e. The van der Waals surface area contributed by atoms with Gasteiger partial charge in [0.05, 0.1) is 0 Å². The molecule has 0 aliphatic carbocycles. The maximum Gasteiger partial charge on any atom is 0.320 e. The van der Waals surface area contributed by atoms with Crippen molar-refractivity contribution in [2.75, 3.05) is 40.8 Å². The fourth-order valence-electron chi connectivity index (χ4n) is 1.45. The van der Waals surface area contributed by atoms with E-state index in [2.05, 4.69) is 4.72 Å². The molecule has 0 aliphatic heterocycles. The number of hydrogen-bond donors (Lipinski definition) is 3. The zero-order chi connectivity index (χ0) is 15.1. The molecule has 8 nitrogen and oxygen atoms in total. The minimum atomic E-state index is -3.56. The van der Waals surface area contributed by atoms with E-state index >= 15 is 0 Å². The van der Waals surface area contributed by atoms with Gasteiger partial charge in [0.15, 0.2) is 0 Å². The minimum Gasteiger partial charge on any atom is -0.480 e. The number of aliphatic carboxylic acids is 1. The third kappa shape index (κ3) is 7.43. The van der Waals surface area contributed by atoms with E-state index in [4.69, 9.17) is 10.8 Å². The molecule has 0 amide bonds. The first-order valence-electron chi connectivity index (χ1n) is 6.02. The van der Waals surface area contributed by atoms with Gasteiger partial charge in [-0.25, -0.2) is 4.72 Å². The number of nitrogens with two attached hydrogens (primary N) is 1. The third-order valence-corrected chi connectivity index (χ3v) is 4.18. The summed E-state index contributed by atoms with van der Waals surface area (Å²) in [6.45, 7) is 1.17. The van der Waals surface area contributed by atoms with Gasteiger partial charge in [0, 0.05) is 20.1 Å². The van der Waals surface area contributed by atoms with Crippen LogP contribution in [0.15, 0.2) is 0 Å². The van der Waals surface area contributed by atoms with Gasteiger partial charge >= 0.3 is 5.97 Å². The molecule has 114 valence electrons. The molecule has 0 aromatic heterocycles. The van der Waals surface area contributed by atoms with Crippen LogP contribution in [0.3, 0.4) is 0 Å². The number of carboxylic acids is 1. The van der Waals surface area contributed by atoms with E-state index in [1.165, 1.54) is 11.4 Å². The zero-order valence-corrected chi connectivity index (χ0v) is 12.5. The first-order chi connectivity index (χ1) is 8.70. The van der Waals surface area contributed by atoms with Gasteiger partial charge in [-0.05, 0) is 33.5 Å². The summed E-state index contributed by atoms with van der Waals surface area (Å²) < 4.78 is 27.0. The summed E-state index contributed by atoms with van der Waals surface area (Å²) in [6.07, 6.45) is 0.744. The van der Waals surface area contributed by atoms with Crippen LogP contribution in [0.5, 0.6) is 0 Å². The van der Waals surface area contributed by atoms with E-state index < -0.39 is 22.2 Å². The highest BCUT2D eigenvalue weighted by Gasteiger charge is 2.22. The number of nitrogens with zero attached hydrogens (tertiary/aromatic N) is 2. The number of carbonyl (C=O) groups is 1. The highest BCUT2D eigenvalue weighted by atomic mass is 32.2. The van der Waals surface area contributed by atoms with Crippen LogP contribution >= 0.6 is 0 Å². The van der Waals surface area contributed by atoms with Gasteiger partial charge in [-0.1, -0.05) is 0 Å². The van der Waals surface area contributed by atoms with Crippen LogP contribution in [-0.4, -0.2) is 75.5 Å². The molecule has 0 aromatic carbocycles. The summed E-state index contributed by atoms with van der Waals surface area (Å²) in [4.78, 5) is 12.6. The van der Waals surface area contributed by atoms with Gasteiger partial charge in [-0.3, -0.25) is 4.79 Å². The second-order valence-electron chi connectivity index (χ2n) is 4.50. The lowest BCUT2D eigenvalue weighted by Crippen LogP contribution is -2.43. The van der Waals surface area contributed by atoms with E-state index in [1.807, 2.05) is 19.0 Å². The van der Waals surface area contributed by atoms with Crippen molar-refractivity contribution in [1.82, 2.24) is 13.9 Å². The molecule has 0 aromatic rings. The van der Waals surface area contributed by atoms with Gasteiger partial charge in [0.2, 0.25) is 0 Å². The Morgan fingerprint density at radius 1 is 1.32 bits per heavy atom. The number of carboxylic acid groups (broad SMARTS) is 1. The molecule has 0 aliphatic rings. The average molecular weight is 296 g/mol. The Hall–Kier alpha value is -0.740. The molecule has 9 heteroatoms. The van der Waals surface area contributed by atoms with Crippen LogP contribution in [0.2, 0.25) is 0 Å². The summed E-state index contributed by atoms with van der Waals surface area (Å²) in [6, 6.07) is -1.05. The lowest BCUT2D eigenvalue weighted by Gasteiger charge is -2.23. The fourth-order valence-corrected chi connectivity index (χ4v) is 2.42. The lowest BCUT2D eigenvalue weighted by molar-refractivity contribution is -0.138. The van der Waals surface area contributed by atoms with Crippen molar-refractivity contribution in [3.05, 3.63) is 0 Å². The third-order valence-electron chi connectivity index (χ3n) is 2.62. The Morgan fingerprint density at radius 2 is 1.89 bits per heavy atom. The Morgan fingerprint density at radius 3 is 2.32 bits per heavy atom. The Balaban J connectivity index is 4.48. The smallest absolute Gasteiger partial charge is 0.320 e. The molecule has 19 heavy (non-hydrogen) atoms. The molecular weight excluding hydrogens is 272 g/mol. The van der Waals surface area contributed by atoms with E-state index in [0.717, 1.165) is 6.54 Å². The summed E-state index contributed by atoms with van der Waals surface area (Å²) in [7, 11) is 1.56. The maximum absolute atomic E-state index is 11.8. The maximum atomic E-state index is 11.8. The molecule has 0 heterocycles. The second kappa shape index (κ2) is 8.43. The van der Waals surface area contributed by atoms with Crippen LogP contribution in [0.4, 0.5) is 0 Å². The van der Waals surface area contributed by atoms with Gasteiger partial charge in [-0.15, -0.1) is 0 Å². The molecule has 1 atom stereocenters. The summed E-state index contributed by atoms with van der Waals surface area (Å²) in [5, 5.41) is 8.69. The van der Waals surface area contributed by atoms with Crippen LogP contribution < -0.4 is 10.5 Å². The Bertz CT molecular complexity index is 372. The average Bonchev–Trinajstić information content (AvgIpc) is 2.32. The number of hydrogen-bond acceptors (Lipinski definition) is 5. The Labute approximate surface area is 114 Å². The van der Waals surface area contributed by atoms with Crippen LogP contribution in [-0.2, 0) is 15.0 Å². The molecule has 1 unspecified atom stereocenters. The summed E-state index contributed by atoms with van der Waals surface area (Å²) in [5.41, 5.74) is 5.38. The van der Waals surface area contributed by atoms with Crippen molar-refractivity contribution >= 4 is 16.2 Å². The first kappa shape index (κ1) is 18.3. The van der Waals surface area contributed by atoms with E-state index in [1.54, 1.807) is 0 Å². The van der Waals surface area contributed by atoms with Crippen molar-refractivity contribution < 1.29 is 18.3 Å². The molecular formula is C10H24N4O4S. The van der Waals surface area contributed by atoms with Gasteiger partial charge < -0.3 is 15.7 Å². The van der Waals surface area contributed by atoms with Gasteiger partial charge in [0.1, 0.15) is 6.04 Å². The molecule has 0 radical (unpaired) electrons.